The Bertz CT molecular complexity index is 1120. The monoisotopic (exact) mass is 390 g/mol. The van der Waals surface area contributed by atoms with E-state index in [1.165, 1.54) is 0 Å². The van der Waals surface area contributed by atoms with Crippen molar-refractivity contribution in [3.63, 3.8) is 0 Å². The molecule has 0 saturated carbocycles. The number of hydrogen-bond acceptors (Lipinski definition) is 3. The topological polar surface area (TPSA) is 51.0 Å². The molecular weight excluding hydrogens is 372 g/mol. The molecule has 1 amide bonds. The molecule has 0 aliphatic heterocycles. The van der Waals surface area contributed by atoms with E-state index in [1.54, 1.807) is 24.3 Å². The van der Waals surface area contributed by atoms with Gasteiger partial charge in [-0.25, -0.2) is 9.67 Å². The number of halogens is 1. The van der Waals surface area contributed by atoms with Crippen LogP contribution in [0.4, 0.5) is 0 Å². The van der Waals surface area contributed by atoms with Crippen LogP contribution in [0.3, 0.4) is 0 Å². The van der Waals surface area contributed by atoms with E-state index in [0.29, 0.717) is 23.7 Å². The minimum absolute atomic E-state index is 0.0924. The van der Waals surface area contributed by atoms with E-state index in [-0.39, 0.29) is 5.91 Å². The van der Waals surface area contributed by atoms with Crippen molar-refractivity contribution in [1.82, 2.24) is 19.7 Å². The number of rotatable bonds is 5. The van der Waals surface area contributed by atoms with Crippen LogP contribution in [0.25, 0.3) is 11.0 Å². The van der Waals surface area contributed by atoms with Gasteiger partial charge in [-0.3, -0.25) is 4.79 Å². The minimum Gasteiger partial charge on any atom is -0.337 e. The molecule has 0 saturated heterocycles. The molecule has 4 rings (SSSR count). The SMILES string of the molecule is CN(Cc1cccc(Cl)c1)C(=O)c1cnc2c(cnn2Cc2ccccc2)c1. The first-order chi connectivity index (χ1) is 13.6. The maximum Gasteiger partial charge on any atom is 0.255 e. The highest BCUT2D eigenvalue weighted by molar-refractivity contribution is 6.30. The van der Waals surface area contributed by atoms with Crippen LogP contribution < -0.4 is 0 Å². The molecule has 0 aliphatic rings. The van der Waals surface area contributed by atoms with Crippen LogP contribution >= 0.6 is 11.6 Å². The summed E-state index contributed by atoms with van der Waals surface area (Å²) < 4.78 is 1.84. The highest BCUT2D eigenvalue weighted by Gasteiger charge is 2.15. The molecular formula is C22H19ClN4O. The fourth-order valence-electron chi connectivity index (χ4n) is 3.16. The molecule has 2 heterocycles. The normalized spacial score (nSPS) is 10.9. The lowest BCUT2D eigenvalue weighted by atomic mass is 10.2. The van der Waals surface area contributed by atoms with Gasteiger partial charge in [0.1, 0.15) is 0 Å². The van der Waals surface area contributed by atoms with Crippen molar-refractivity contribution in [3.8, 4) is 0 Å². The Morgan fingerprint density at radius 2 is 1.82 bits per heavy atom. The van der Waals surface area contributed by atoms with Crippen molar-refractivity contribution in [1.29, 1.82) is 0 Å². The largest absolute Gasteiger partial charge is 0.337 e. The van der Waals surface area contributed by atoms with Gasteiger partial charge in [0.15, 0.2) is 5.65 Å². The molecule has 5 nitrogen and oxygen atoms in total. The van der Waals surface area contributed by atoms with E-state index >= 15 is 0 Å². The standard InChI is InChI=1S/C22H19ClN4O/c1-26(14-17-8-5-9-20(23)10-17)22(28)19-11-18-13-25-27(21(18)24-12-19)15-16-6-3-2-4-7-16/h2-13H,14-15H2,1H3. The summed E-state index contributed by atoms with van der Waals surface area (Å²) in [5.41, 5.74) is 3.43. The summed E-state index contributed by atoms with van der Waals surface area (Å²) in [5.74, 6) is -0.0924. The molecule has 4 aromatic rings. The lowest BCUT2D eigenvalue weighted by Gasteiger charge is -2.17. The van der Waals surface area contributed by atoms with Gasteiger partial charge >= 0.3 is 0 Å². The fourth-order valence-corrected chi connectivity index (χ4v) is 3.38. The number of amides is 1. The third kappa shape index (κ3) is 3.89. The summed E-state index contributed by atoms with van der Waals surface area (Å²) in [4.78, 5) is 19.0. The first kappa shape index (κ1) is 18.2. The van der Waals surface area contributed by atoms with Gasteiger partial charge in [0.25, 0.3) is 5.91 Å². The van der Waals surface area contributed by atoms with Crippen LogP contribution in [-0.4, -0.2) is 32.6 Å². The second-order valence-electron chi connectivity index (χ2n) is 6.72. The Morgan fingerprint density at radius 3 is 2.61 bits per heavy atom. The number of hydrogen-bond donors (Lipinski definition) is 0. The Morgan fingerprint density at radius 1 is 1.04 bits per heavy atom. The summed E-state index contributed by atoms with van der Waals surface area (Å²) in [6.45, 7) is 1.12. The molecule has 0 bridgehead atoms. The third-order valence-electron chi connectivity index (χ3n) is 4.55. The summed E-state index contributed by atoms with van der Waals surface area (Å²) in [7, 11) is 1.77. The Labute approximate surface area is 168 Å². The van der Waals surface area contributed by atoms with Crippen molar-refractivity contribution < 1.29 is 4.79 Å². The number of fused-ring (bicyclic) bond motifs is 1. The van der Waals surface area contributed by atoms with Crippen molar-refractivity contribution in [2.24, 2.45) is 0 Å². The van der Waals surface area contributed by atoms with Gasteiger partial charge in [-0.1, -0.05) is 54.1 Å². The van der Waals surface area contributed by atoms with Crippen LogP contribution in [0.5, 0.6) is 0 Å². The van der Waals surface area contributed by atoms with Crippen LogP contribution in [-0.2, 0) is 13.1 Å². The Balaban J connectivity index is 1.53. The molecule has 0 atom stereocenters. The summed E-state index contributed by atoms with van der Waals surface area (Å²) in [6, 6.07) is 19.4. The maximum absolute atomic E-state index is 12.8. The van der Waals surface area contributed by atoms with Gasteiger partial charge in [-0.15, -0.1) is 0 Å². The average Bonchev–Trinajstić information content (AvgIpc) is 3.10. The molecule has 140 valence electrons. The van der Waals surface area contributed by atoms with Gasteiger partial charge in [-0.2, -0.15) is 5.10 Å². The van der Waals surface area contributed by atoms with Crippen LogP contribution in [0.1, 0.15) is 21.5 Å². The number of nitrogens with zero attached hydrogens (tertiary/aromatic N) is 4. The first-order valence-electron chi connectivity index (χ1n) is 8.95. The van der Waals surface area contributed by atoms with Gasteiger partial charge in [0.05, 0.1) is 18.3 Å². The fraction of sp³-hybridized carbons (Fsp3) is 0.136. The molecule has 0 aliphatic carbocycles. The molecule has 0 spiro atoms. The molecule has 2 aromatic heterocycles. The van der Waals surface area contributed by atoms with Crippen molar-refractivity contribution >= 4 is 28.5 Å². The predicted octanol–water partition coefficient (Wildman–Crippen LogP) is 4.41. The molecule has 0 unspecified atom stereocenters. The van der Waals surface area contributed by atoms with E-state index in [9.17, 15) is 4.79 Å². The number of benzene rings is 2. The van der Waals surface area contributed by atoms with E-state index in [4.69, 9.17) is 11.6 Å². The molecule has 0 fully saturated rings. The van der Waals surface area contributed by atoms with Gasteiger partial charge in [-0.05, 0) is 29.3 Å². The summed E-state index contributed by atoms with van der Waals surface area (Å²) >= 11 is 6.03. The van der Waals surface area contributed by atoms with Crippen molar-refractivity contribution in [3.05, 3.63) is 94.8 Å². The van der Waals surface area contributed by atoms with Gasteiger partial charge < -0.3 is 4.90 Å². The number of carbonyl (C=O) groups excluding carboxylic acids is 1. The average molecular weight is 391 g/mol. The summed E-state index contributed by atoms with van der Waals surface area (Å²) in [6.07, 6.45) is 3.36. The lowest BCUT2D eigenvalue weighted by molar-refractivity contribution is 0.0785. The maximum atomic E-state index is 12.8. The zero-order valence-corrected chi connectivity index (χ0v) is 16.2. The molecule has 2 aromatic carbocycles. The number of pyridine rings is 1. The van der Waals surface area contributed by atoms with Gasteiger partial charge in [0.2, 0.25) is 0 Å². The zero-order valence-electron chi connectivity index (χ0n) is 15.4. The van der Waals surface area contributed by atoms with Gasteiger partial charge in [0, 0.05) is 30.2 Å². The molecule has 6 heteroatoms. The molecule has 0 radical (unpaired) electrons. The minimum atomic E-state index is -0.0924. The van der Waals surface area contributed by atoms with E-state index in [1.807, 2.05) is 53.2 Å². The number of aromatic nitrogens is 3. The van der Waals surface area contributed by atoms with Crippen molar-refractivity contribution in [2.75, 3.05) is 7.05 Å². The Hall–Kier alpha value is -3.18. The molecule has 0 N–H and O–H groups in total. The van der Waals surface area contributed by atoms with Crippen LogP contribution in [0, 0.1) is 0 Å². The summed E-state index contributed by atoms with van der Waals surface area (Å²) in [5, 5.41) is 5.93. The van der Waals surface area contributed by atoms with E-state index in [0.717, 1.165) is 22.2 Å². The van der Waals surface area contributed by atoms with Crippen LogP contribution in [0.2, 0.25) is 5.02 Å². The van der Waals surface area contributed by atoms with Crippen LogP contribution in [0.15, 0.2) is 73.1 Å². The smallest absolute Gasteiger partial charge is 0.255 e. The second kappa shape index (κ2) is 7.82. The predicted molar refractivity (Wildman–Crippen MR) is 110 cm³/mol. The lowest BCUT2D eigenvalue weighted by Crippen LogP contribution is -2.26. The van der Waals surface area contributed by atoms with Crippen molar-refractivity contribution in [2.45, 2.75) is 13.1 Å². The quantitative estimate of drug-likeness (QED) is 0.507. The third-order valence-corrected chi connectivity index (χ3v) is 4.79. The Kier molecular flexibility index (Phi) is 5.08. The zero-order chi connectivity index (χ0) is 19.5. The second-order valence-corrected chi connectivity index (χ2v) is 7.15. The molecule has 28 heavy (non-hydrogen) atoms. The van der Waals surface area contributed by atoms with E-state index < -0.39 is 0 Å². The highest BCUT2D eigenvalue weighted by Crippen LogP contribution is 2.17. The highest BCUT2D eigenvalue weighted by atomic mass is 35.5. The first-order valence-corrected chi connectivity index (χ1v) is 9.33. The van der Waals surface area contributed by atoms with E-state index in [2.05, 4.69) is 22.2 Å². The number of carbonyl (C=O) groups is 1.